The SMILES string of the molecule is O=C(NCc1cc(-c2ccc3ccccc3c2)on1)c1ccccc1C(F)(F)F. The molecule has 0 unspecified atom stereocenters. The Morgan fingerprint density at radius 2 is 1.66 bits per heavy atom. The fourth-order valence-corrected chi connectivity index (χ4v) is 3.07. The van der Waals surface area contributed by atoms with Gasteiger partial charge >= 0.3 is 6.18 Å². The van der Waals surface area contributed by atoms with Gasteiger partial charge in [0.2, 0.25) is 0 Å². The monoisotopic (exact) mass is 396 g/mol. The van der Waals surface area contributed by atoms with E-state index >= 15 is 0 Å². The molecule has 0 atom stereocenters. The standard InChI is InChI=1S/C22H15F3N2O2/c23-22(24,25)19-8-4-3-7-18(19)21(28)26-13-17-12-20(29-27-17)16-10-9-14-5-1-2-6-15(14)11-16/h1-12H,13H2,(H,26,28). The lowest BCUT2D eigenvalue weighted by atomic mass is 10.1. The highest BCUT2D eigenvalue weighted by Crippen LogP contribution is 2.32. The highest BCUT2D eigenvalue weighted by atomic mass is 19.4. The van der Waals surface area contributed by atoms with Gasteiger partial charge in [0.15, 0.2) is 5.76 Å². The van der Waals surface area contributed by atoms with Gasteiger partial charge in [-0.3, -0.25) is 4.79 Å². The maximum absolute atomic E-state index is 13.1. The van der Waals surface area contributed by atoms with E-state index in [0.29, 0.717) is 11.5 Å². The fourth-order valence-electron chi connectivity index (χ4n) is 3.07. The number of hydrogen-bond donors (Lipinski definition) is 1. The van der Waals surface area contributed by atoms with E-state index in [1.54, 1.807) is 6.07 Å². The van der Waals surface area contributed by atoms with Gasteiger partial charge in [0.25, 0.3) is 5.91 Å². The first-order chi connectivity index (χ1) is 13.9. The summed E-state index contributed by atoms with van der Waals surface area (Å²) in [6.45, 7) is -0.0535. The molecule has 0 fully saturated rings. The van der Waals surface area contributed by atoms with Crippen LogP contribution in [0.5, 0.6) is 0 Å². The second-order valence-electron chi connectivity index (χ2n) is 6.47. The number of carbonyl (C=O) groups is 1. The zero-order chi connectivity index (χ0) is 20.4. The van der Waals surface area contributed by atoms with Crippen LogP contribution >= 0.6 is 0 Å². The van der Waals surface area contributed by atoms with E-state index in [1.165, 1.54) is 12.1 Å². The average Bonchev–Trinajstić information content (AvgIpc) is 3.20. The Labute approximate surface area is 163 Å². The Morgan fingerprint density at radius 1 is 0.931 bits per heavy atom. The van der Waals surface area contributed by atoms with Crippen molar-refractivity contribution in [1.82, 2.24) is 10.5 Å². The molecule has 0 saturated carbocycles. The van der Waals surface area contributed by atoms with Gasteiger partial charge in [-0.05, 0) is 29.0 Å². The summed E-state index contributed by atoms with van der Waals surface area (Å²) in [7, 11) is 0. The number of hydrogen-bond acceptors (Lipinski definition) is 3. The summed E-state index contributed by atoms with van der Waals surface area (Å²) in [4.78, 5) is 12.2. The summed E-state index contributed by atoms with van der Waals surface area (Å²) in [6.07, 6.45) is -4.61. The van der Waals surface area contributed by atoms with E-state index in [4.69, 9.17) is 4.52 Å². The van der Waals surface area contributed by atoms with Crippen molar-refractivity contribution in [1.29, 1.82) is 0 Å². The smallest absolute Gasteiger partial charge is 0.356 e. The lowest BCUT2D eigenvalue weighted by Crippen LogP contribution is -2.26. The van der Waals surface area contributed by atoms with Gasteiger partial charge in [-0.25, -0.2) is 0 Å². The average molecular weight is 396 g/mol. The van der Waals surface area contributed by atoms with Crippen molar-refractivity contribution < 1.29 is 22.5 Å². The first-order valence-corrected chi connectivity index (χ1v) is 8.81. The van der Waals surface area contributed by atoms with Crippen molar-refractivity contribution in [3.05, 3.63) is 89.6 Å². The third-order valence-electron chi connectivity index (χ3n) is 4.50. The number of benzene rings is 3. The topological polar surface area (TPSA) is 55.1 Å². The summed E-state index contributed by atoms with van der Waals surface area (Å²) in [6, 6.07) is 20.0. The predicted molar refractivity (Wildman–Crippen MR) is 102 cm³/mol. The van der Waals surface area contributed by atoms with Crippen LogP contribution in [0.15, 0.2) is 77.3 Å². The number of fused-ring (bicyclic) bond motifs is 1. The van der Waals surface area contributed by atoms with Crippen molar-refractivity contribution in [2.45, 2.75) is 12.7 Å². The van der Waals surface area contributed by atoms with Crippen molar-refractivity contribution in [3.8, 4) is 11.3 Å². The maximum atomic E-state index is 13.1. The van der Waals surface area contributed by atoms with Crippen LogP contribution in [0.1, 0.15) is 21.6 Å². The van der Waals surface area contributed by atoms with Crippen LogP contribution in [0.25, 0.3) is 22.1 Å². The molecule has 1 heterocycles. The number of carbonyl (C=O) groups excluding carboxylic acids is 1. The minimum absolute atomic E-state index is 0.0535. The largest absolute Gasteiger partial charge is 0.417 e. The third-order valence-corrected chi connectivity index (χ3v) is 4.50. The first kappa shape index (κ1) is 18.7. The molecule has 0 aliphatic rings. The molecule has 0 saturated heterocycles. The number of amides is 1. The molecule has 29 heavy (non-hydrogen) atoms. The zero-order valence-electron chi connectivity index (χ0n) is 15.0. The minimum atomic E-state index is -4.61. The molecule has 7 heteroatoms. The molecule has 4 aromatic rings. The first-order valence-electron chi connectivity index (χ1n) is 8.81. The molecular formula is C22H15F3N2O2. The van der Waals surface area contributed by atoms with E-state index in [1.807, 2.05) is 42.5 Å². The second kappa shape index (κ2) is 7.43. The highest BCUT2D eigenvalue weighted by Gasteiger charge is 2.34. The number of nitrogens with one attached hydrogen (secondary N) is 1. The van der Waals surface area contributed by atoms with Crippen molar-refractivity contribution >= 4 is 16.7 Å². The Bertz CT molecular complexity index is 1180. The van der Waals surface area contributed by atoms with E-state index in [-0.39, 0.29) is 6.54 Å². The van der Waals surface area contributed by atoms with Gasteiger partial charge in [-0.1, -0.05) is 53.7 Å². The lowest BCUT2D eigenvalue weighted by Gasteiger charge is -2.12. The molecule has 1 aromatic heterocycles. The quantitative estimate of drug-likeness (QED) is 0.500. The summed E-state index contributed by atoms with van der Waals surface area (Å²) in [5.74, 6) is -0.316. The molecule has 4 nitrogen and oxygen atoms in total. The Hall–Kier alpha value is -3.61. The fraction of sp³-hybridized carbons (Fsp3) is 0.0909. The van der Waals surface area contributed by atoms with Gasteiger partial charge in [0.1, 0.15) is 5.69 Å². The van der Waals surface area contributed by atoms with Gasteiger partial charge in [-0.2, -0.15) is 13.2 Å². The molecule has 0 spiro atoms. The summed E-state index contributed by atoms with van der Waals surface area (Å²) in [5.41, 5.74) is -0.185. The van der Waals surface area contributed by atoms with E-state index in [9.17, 15) is 18.0 Å². The molecule has 3 aromatic carbocycles. The van der Waals surface area contributed by atoms with E-state index < -0.39 is 23.2 Å². The Morgan fingerprint density at radius 3 is 2.45 bits per heavy atom. The highest BCUT2D eigenvalue weighted by molar-refractivity contribution is 5.95. The van der Waals surface area contributed by atoms with Gasteiger partial charge in [-0.15, -0.1) is 0 Å². The zero-order valence-corrected chi connectivity index (χ0v) is 15.0. The summed E-state index contributed by atoms with van der Waals surface area (Å²) >= 11 is 0. The van der Waals surface area contributed by atoms with Crippen molar-refractivity contribution in [3.63, 3.8) is 0 Å². The third kappa shape index (κ3) is 3.99. The van der Waals surface area contributed by atoms with Crippen LogP contribution in [-0.4, -0.2) is 11.1 Å². The van der Waals surface area contributed by atoms with Gasteiger partial charge < -0.3 is 9.84 Å². The Kier molecular flexibility index (Phi) is 4.80. The van der Waals surface area contributed by atoms with Crippen LogP contribution in [-0.2, 0) is 12.7 Å². The predicted octanol–water partition coefficient (Wildman–Crippen LogP) is 5.44. The molecule has 4 rings (SSSR count). The number of nitrogens with zero attached hydrogens (tertiary/aromatic N) is 1. The molecule has 146 valence electrons. The summed E-state index contributed by atoms with van der Waals surface area (Å²) in [5, 5.41) is 8.49. The molecule has 0 radical (unpaired) electrons. The van der Waals surface area contributed by atoms with Crippen molar-refractivity contribution in [2.75, 3.05) is 0 Å². The van der Waals surface area contributed by atoms with Gasteiger partial charge in [0.05, 0.1) is 17.7 Å². The minimum Gasteiger partial charge on any atom is -0.356 e. The molecule has 0 aliphatic heterocycles. The van der Waals surface area contributed by atoms with E-state index in [0.717, 1.165) is 28.5 Å². The number of aromatic nitrogens is 1. The second-order valence-corrected chi connectivity index (χ2v) is 6.47. The van der Waals surface area contributed by atoms with Crippen LogP contribution in [0, 0.1) is 0 Å². The summed E-state index contributed by atoms with van der Waals surface area (Å²) < 4.78 is 44.5. The van der Waals surface area contributed by atoms with Crippen molar-refractivity contribution in [2.24, 2.45) is 0 Å². The number of alkyl halides is 3. The molecule has 1 amide bonds. The van der Waals surface area contributed by atoms with Crippen LogP contribution < -0.4 is 5.32 Å². The normalized spacial score (nSPS) is 11.6. The maximum Gasteiger partial charge on any atom is 0.417 e. The molecular weight excluding hydrogens is 381 g/mol. The Balaban J connectivity index is 1.49. The van der Waals surface area contributed by atoms with E-state index in [2.05, 4.69) is 10.5 Å². The van der Waals surface area contributed by atoms with Gasteiger partial charge in [0, 0.05) is 11.6 Å². The van der Waals surface area contributed by atoms with Crippen LogP contribution in [0.3, 0.4) is 0 Å². The number of halogens is 3. The van der Waals surface area contributed by atoms with Crippen LogP contribution in [0.2, 0.25) is 0 Å². The number of rotatable bonds is 4. The molecule has 0 bridgehead atoms. The molecule has 1 N–H and O–H groups in total. The molecule has 0 aliphatic carbocycles. The van der Waals surface area contributed by atoms with Crippen LogP contribution in [0.4, 0.5) is 13.2 Å². The lowest BCUT2D eigenvalue weighted by molar-refractivity contribution is -0.137.